The number of terminal acetylenes is 1. The van der Waals surface area contributed by atoms with E-state index in [-0.39, 0.29) is 0 Å². The van der Waals surface area contributed by atoms with E-state index in [4.69, 9.17) is 6.42 Å². The minimum Gasteiger partial charge on any atom is -0.346 e. The molecule has 0 radical (unpaired) electrons. The van der Waals surface area contributed by atoms with Gasteiger partial charge < -0.3 is 10.2 Å². The van der Waals surface area contributed by atoms with Crippen molar-refractivity contribution in [2.75, 3.05) is 18.0 Å². The van der Waals surface area contributed by atoms with Crippen LogP contribution >= 0.6 is 0 Å². The Kier molecular flexibility index (Phi) is 4.00. The Morgan fingerprint density at radius 3 is 2.88 bits per heavy atom. The number of hydrogen-bond donors (Lipinski definition) is 1. The predicted octanol–water partition coefficient (Wildman–Crippen LogP) is 1.79. The average molecular weight is 229 g/mol. The van der Waals surface area contributed by atoms with Gasteiger partial charge in [0.25, 0.3) is 0 Å². The maximum absolute atomic E-state index is 5.33. The summed E-state index contributed by atoms with van der Waals surface area (Å²) in [5.74, 6) is 3.61. The van der Waals surface area contributed by atoms with Crippen LogP contribution in [-0.2, 0) is 6.54 Å². The van der Waals surface area contributed by atoms with Crippen molar-refractivity contribution >= 4 is 5.82 Å². The fourth-order valence-corrected chi connectivity index (χ4v) is 1.72. The first-order chi connectivity index (χ1) is 8.33. The zero-order valence-corrected chi connectivity index (χ0v) is 10.3. The van der Waals surface area contributed by atoms with E-state index < -0.39 is 0 Å². The highest BCUT2D eigenvalue weighted by Crippen LogP contribution is 2.19. The van der Waals surface area contributed by atoms with Gasteiger partial charge in [0.1, 0.15) is 5.82 Å². The summed E-state index contributed by atoms with van der Waals surface area (Å²) in [7, 11) is 0. The van der Waals surface area contributed by atoms with Crippen molar-refractivity contribution in [1.82, 2.24) is 10.3 Å². The number of aromatic nitrogens is 1. The standard InChI is InChI=1S/C14H19N3/c1-3-9-17(4-2)14-8-5-12(11-16-14)10-15-13-6-7-13/h1,5,8,11,13,15H,4,6-7,9-10H2,2H3. The van der Waals surface area contributed by atoms with Gasteiger partial charge in [0.15, 0.2) is 0 Å². The molecule has 3 heteroatoms. The van der Waals surface area contributed by atoms with Crippen LogP contribution in [0.25, 0.3) is 0 Å². The minimum absolute atomic E-state index is 0.614. The SMILES string of the molecule is C#CCN(CC)c1ccc(CNC2CC2)cn1. The molecule has 1 N–H and O–H groups in total. The van der Waals surface area contributed by atoms with Crippen LogP contribution in [0.3, 0.4) is 0 Å². The van der Waals surface area contributed by atoms with Crippen molar-refractivity contribution in [2.24, 2.45) is 0 Å². The molecule has 1 fully saturated rings. The number of pyridine rings is 1. The maximum Gasteiger partial charge on any atom is 0.129 e. The lowest BCUT2D eigenvalue weighted by atomic mass is 10.2. The number of nitrogens with zero attached hydrogens (tertiary/aromatic N) is 2. The van der Waals surface area contributed by atoms with Gasteiger partial charge in [0.2, 0.25) is 0 Å². The molecule has 3 nitrogen and oxygen atoms in total. The highest BCUT2D eigenvalue weighted by molar-refractivity contribution is 5.40. The molecule has 90 valence electrons. The molecule has 0 bridgehead atoms. The highest BCUT2D eigenvalue weighted by Gasteiger charge is 2.19. The fourth-order valence-electron chi connectivity index (χ4n) is 1.72. The van der Waals surface area contributed by atoms with Crippen LogP contribution in [-0.4, -0.2) is 24.1 Å². The van der Waals surface area contributed by atoms with Crippen LogP contribution in [0.4, 0.5) is 5.82 Å². The molecule has 17 heavy (non-hydrogen) atoms. The lowest BCUT2D eigenvalue weighted by molar-refractivity contribution is 0.685. The molecule has 0 aromatic carbocycles. The normalized spacial score (nSPS) is 14.4. The summed E-state index contributed by atoms with van der Waals surface area (Å²) in [6, 6.07) is 4.91. The number of nitrogens with one attached hydrogen (secondary N) is 1. The van der Waals surface area contributed by atoms with E-state index in [0.717, 1.165) is 24.9 Å². The second kappa shape index (κ2) is 5.70. The molecule has 0 amide bonds. The lowest BCUT2D eigenvalue weighted by Gasteiger charge is -2.19. The fraction of sp³-hybridized carbons (Fsp3) is 0.500. The quantitative estimate of drug-likeness (QED) is 0.754. The molecule has 1 aliphatic rings. The Morgan fingerprint density at radius 2 is 2.35 bits per heavy atom. The van der Waals surface area contributed by atoms with Crippen LogP contribution in [0.15, 0.2) is 18.3 Å². The van der Waals surface area contributed by atoms with Crippen LogP contribution in [0, 0.1) is 12.3 Å². The van der Waals surface area contributed by atoms with Gasteiger partial charge in [-0.2, -0.15) is 0 Å². The molecule has 0 aliphatic heterocycles. The second-order valence-corrected chi connectivity index (χ2v) is 4.40. The average Bonchev–Trinajstić information content (AvgIpc) is 3.18. The highest BCUT2D eigenvalue weighted by atomic mass is 15.2. The van der Waals surface area contributed by atoms with Gasteiger partial charge in [0, 0.05) is 25.3 Å². The third-order valence-corrected chi connectivity index (χ3v) is 2.97. The Morgan fingerprint density at radius 1 is 1.53 bits per heavy atom. The van der Waals surface area contributed by atoms with Crippen LogP contribution in [0.2, 0.25) is 0 Å². The molecule has 0 unspecified atom stereocenters. The molecular formula is C14H19N3. The minimum atomic E-state index is 0.614. The smallest absolute Gasteiger partial charge is 0.129 e. The van der Waals surface area contributed by atoms with Gasteiger partial charge in [-0.05, 0) is 31.4 Å². The van der Waals surface area contributed by atoms with Crippen LogP contribution < -0.4 is 10.2 Å². The second-order valence-electron chi connectivity index (χ2n) is 4.40. The van der Waals surface area contributed by atoms with E-state index >= 15 is 0 Å². The monoisotopic (exact) mass is 229 g/mol. The third kappa shape index (κ3) is 3.47. The molecule has 1 aromatic rings. The zero-order valence-electron chi connectivity index (χ0n) is 10.3. The molecule has 1 heterocycles. The first kappa shape index (κ1) is 11.9. The summed E-state index contributed by atoms with van der Waals surface area (Å²) in [5, 5.41) is 3.47. The predicted molar refractivity (Wildman–Crippen MR) is 70.8 cm³/mol. The summed E-state index contributed by atoms with van der Waals surface area (Å²) in [6.45, 7) is 4.50. The van der Waals surface area contributed by atoms with E-state index in [9.17, 15) is 0 Å². The summed E-state index contributed by atoms with van der Waals surface area (Å²) in [6.07, 6.45) is 9.90. The van der Waals surface area contributed by atoms with E-state index in [1.807, 2.05) is 12.3 Å². The van der Waals surface area contributed by atoms with Crippen LogP contribution in [0.1, 0.15) is 25.3 Å². The van der Waals surface area contributed by atoms with Crippen molar-refractivity contribution in [1.29, 1.82) is 0 Å². The molecule has 1 aromatic heterocycles. The van der Waals surface area contributed by atoms with E-state index in [1.165, 1.54) is 18.4 Å². The van der Waals surface area contributed by atoms with Crippen molar-refractivity contribution < 1.29 is 0 Å². The zero-order chi connectivity index (χ0) is 12.1. The number of hydrogen-bond acceptors (Lipinski definition) is 3. The third-order valence-electron chi connectivity index (χ3n) is 2.97. The van der Waals surface area contributed by atoms with Gasteiger partial charge in [-0.25, -0.2) is 4.98 Å². The van der Waals surface area contributed by atoms with Crippen molar-refractivity contribution in [3.8, 4) is 12.3 Å². The van der Waals surface area contributed by atoms with Gasteiger partial charge in [-0.1, -0.05) is 12.0 Å². The summed E-state index contributed by atoms with van der Waals surface area (Å²) in [5.41, 5.74) is 1.23. The van der Waals surface area contributed by atoms with Gasteiger partial charge in [-0.3, -0.25) is 0 Å². The van der Waals surface area contributed by atoms with E-state index in [1.54, 1.807) is 0 Å². The molecule has 1 saturated carbocycles. The van der Waals surface area contributed by atoms with Crippen molar-refractivity contribution in [2.45, 2.75) is 32.4 Å². The maximum atomic E-state index is 5.33. The van der Waals surface area contributed by atoms with E-state index in [2.05, 4.69) is 34.1 Å². The Balaban J connectivity index is 1.93. The molecular weight excluding hydrogens is 210 g/mol. The largest absolute Gasteiger partial charge is 0.346 e. The number of anilines is 1. The Hall–Kier alpha value is -1.53. The van der Waals surface area contributed by atoms with Crippen LogP contribution in [0.5, 0.6) is 0 Å². The van der Waals surface area contributed by atoms with Crippen molar-refractivity contribution in [3.05, 3.63) is 23.9 Å². The number of rotatable bonds is 6. The van der Waals surface area contributed by atoms with E-state index in [0.29, 0.717) is 6.54 Å². The molecule has 0 spiro atoms. The lowest BCUT2D eigenvalue weighted by Crippen LogP contribution is -2.24. The molecule has 2 rings (SSSR count). The molecule has 0 atom stereocenters. The molecule has 1 aliphatic carbocycles. The first-order valence-corrected chi connectivity index (χ1v) is 6.20. The first-order valence-electron chi connectivity index (χ1n) is 6.20. The Bertz CT molecular complexity index is 387. The Labute approximate surface area is 103 Å². The summed E-state index contributed by atoms with van der Waals surface area (Å²) >= 11 is 0. The van der Waals surface area contributed by atoms with Crippen molar-refractivity contribution in [3.63, 3.8) is 0 Å². The van der Waals surface area contributed by atoms with Gasteiger partial charge in [-0.15, -0.1) is 6.42 Å². The summed E-state index contributed by atoms with van der Waals surface area (Å²) in [4.78, 5) is 6.54. The molecule has 0 saturated heterocycles. The van der Waals surface area contributed by atoms with Gasteiger partial charge in [0.05, 0.1) is 6.54 Å². The summed E-state index contributed by atoms with van der Waals surface area (Å²) < 4.78 is 0. The van der Waals surface area contributed by atoms with Gasteiger partial charge >= 0.3 is 0 Å². The topological polar surface area (TPSA) is 28.2 Å².